The van der Waals surface area contributed by atoms with Crippen LogP contribution in [0.3, 0.4) is 0 Å². The number of nitrogens with one attached hydrogen (secondary N) is 1. The van der Waals surface area contributed by atoms with Gasteiger partial charge in [0.1, 0.15) is 6.10 Å². The minimum atomic E-state index is -3.02. The van der Waals surface area contributed by atoms with Crippen LogP contribution in [0.2, 0.25) is 0 Å². The van der Waals surface area contributed by atoms with E-state index in [0.29, 0.717) is 15.9 Å². The van der Waals surface area contributed by atoms with Gasteiger partial charge in [-0.25, -0.2) is 8.42 Å². The second-order valence-electron chi connectivity index (χ2n) is 4.21. The number of ether oxygens (including phenoxy) is 1. The number of hydrogen-bond acceptors (Lipinski definition) is 9. The first-order chi connectivity index (χ1) is 9.48. The topological polar surface area (TPSA) is 98.2 Å². The van der Waals surface area contributed by atoms with Gasteiger partial charge in [-0.1, -0.05) is 23.1 Å². The summed E-state index contributed by atoms with van der Waals surface area (Å²) in [5.74, 6) is -0.276. The van der Waals surface area contributed by atoms with E-state index >= 15 is 0 Å². The van der Waals surface area contributed by atoms with Crippen molar-refractivity contribution in [1.82, 2.24) is 10.2 Å². The Hall–Kier alpha value is -0.870. The molecule has 1 atom stereocenters. The van der Waals surface area contributed by atoms with Crippen molar-refractivity contribution in [2.24, 2.45) is 0 Å². The summed E-state index contributed by atoms with van der Waals surface area (Å²) in [6.45, 7) is 2.72. The normalized spacial score (nSPS) is 20.8. The maximum atomic E-state index is 11.6. The van der Waals surface area contributed by atoms with E-state index in [-0.39, 0.29) is 17.3 Å². The van der Waals surface area contributed by atoms with Gasteiger partial charge in [0, 0.05) is 6.54 Å². The smallest absolute Gasteiger partial charge is 0.316 e. The first-order valence-electron chi connectivity index (χ1n) is 6.08. The van der Waals surface area contributed by atoms with Gasteiger partial charge in [-0.05, 0) is 13.3 Å². The molecule has 1 saturated heterocycles. The largest absolute Gasteiger partial charge is 0.461 e. The Morgan fingerprint density at radius 1 is 1.55 bits per heavy atom. The first kappa shape index (κ1) is 15.5. The number of carbonyl (C=O) groups excluding carboxylic acids is 1. The average Bonchev–Trinajstić information content (AvgIpc) is 2.94. The zero-order chi connectivity index (χ0) is 14.6. The number of aromatic nitrogens is 2. The van der Waals surface area contributed by atoms with E-state index in [9.17, 15) is 13.2 Å². The molecule has 0 amide bonds. The maximum Gasteiger partial charge on any atom is 0.316 e. The summed E-state index contributed by atoms with van der Waals surface area (Å²) >= 11 is 2.61. The summed E-state index contributed by atoms with van der Waals surface area (Å²) in [4.78, 5) is 11.6. The molecule has 2 rings (SSSR count). The van der Waals surface area contributed by atoms with Crippen molar-refractivity contribution in [3.8, 4) is 0 Å². The van der Waals surface area contributed by atoms with Crippen molar-refractivity contribution >= 4 is 44.0 Å². The van der Waals surface area contributed by atoms with Gasteiger partial charge in [0.2, 0.25) is 5.13 Å². The predicted octanol–water partition coefficient (Wildman–Crippen LogP) is 0.792. The van der Waals surface area contributed by atoms with E-state index in [1.807, 2.05) is 6.92 Å². The third-order valence-electron chi connectivity index (χ3n) is 2.54. The highest BCUT2D eigenvalue weighted by Gasteiger charge is 2.30. The summed E-state index contributed by atoms with van der Waals surface area (Å²) < 4.78 is 28.3. The molecule has 1 aromatic heterocycles. The fourth-order valence-corrected chi connectivity index (χ4v) is 4.88. The molecule has 10 heteroatoms. The molecule has 0 radical (unpaired) electrons. The van der Waals surface area contributed by atoms with Crippen molar-refractivity contribution in [3.05, 3.63) is 0 Å². The third-order valence-corrected chi connectivity index (χ3v) is 6.26. The molecule has 0 bridgehead atoms. The molecule has 7 nitrogen and oxygen atoms in total. The molecule has 1 aromatic rings. The number of sulfone groups is 1. The lowest BCUT2D eigenvalue weighted by Gasteiger charge is -2.08. The fourth-order valence-electron chi connectivity index (χ4n) is 1.69. The quantitative estimate of drug-likeness (QED) is 0.601. The monoisotopic (exact) mass is 337 g/mol. The highest BCUT2D eigenvalue weighted by atomic mass is 32.2. The standard InChI is InChI=1S/C10H15N3O4S3/c1-2-11-9-12-13-10(19-9)18-5-8(14)17-7-3-4-20(15,16)6-7/h7H,2-6H2,1H3,(H,11,12)/t7-/m1/s1. The predicted molar refractivity (Wildman–Crippen MR) is 77.9 cm³/mol. The molecular formula is C10H15N3O4S3. The third kappa shape index (κ3) is 4.60. The molecule has 20 heavy (non-hydrogen) atoms. The number of anilines is 1. The van der Waals surface area contributed by atoms with Crippen molar-refractivity contribution in [3.63, 3.8) is 0 Å². The lowest BCUT2D eigenvalue weighted by molar-refractivity contribution is -0.144. The van der Waals surface area contributed by atoms with Crippen LogP contribution in [-0.2, 0) is 19.4 Å². The van der Waals surface area contributed by atoms with Crippen LogP contribution in [0.15, 0.2) is 4.34 Å². The van der Waals surface area contributed by atoms with Gasteiger partial charge in [-0.15, -0.1) is 10.2 Å². The number of thioether (sulfide) groups is 1. The second-order valence-corrected chi connectivity index (χ2v) is 8.64. The highest BCUT2D eigenvalue weighted by molar-refractivity contribution is 8.01. The van der Waals surface area contributed by atoms with Gasteiger partial charge >= 0.3 is 5.97 Å². The van der Waals surface area contributed by atoms with E-state index in [4.69, 9.17) is 4.74 Å². The van der Waals surface area contributed by atoms with Crippen LogP contribution < -0.4 is 5.32 Å². The first-order valence-corrected chi connectivity index (χ1v) is 9.71. The summed E-state index contributed by atoms with van der Waals surface area (Å²) in [7, 11) is -3.02. The molecule has 0 aliphatic carbocycles. The number of rotatable bonds is 6. The average molecular weight is 337 g/mol. The van der Waals surface area contributed by atoms with Gasteiger partial charge in [-0.2, -0.15) is 0 Å². The summed E-state index contributed by atoms with van der Waals surface area (Å²) in [6.07, 6.45) is -0.109. The number of carbonyl (C=O) groups is 1. The Bertz CT molecular complexity index is 572. The van der Waals surface area contributed by atoms with Crippen molar-refractivity contribution in [2.75, 3.05) is 29.1 Å². The van der Waals surface area contributed by atoms with E-state index in [2.05, 4.69) is 15.5 Å². The lowest BCUT2D eigenvalue weighted by atomic mass is 10.3. The second kappa shape index (κ2) is 6.72. The van der Waals surface area contributed by atoms with Crippen LogP contribution in [0, 0.1) is 0 Å². The van der Waals surface area contributed by atoms with Gasteiger partial charge in [0.05, 0.1) is 17.3 Å². The Kier molecular flexibility index (Phi) is 5.22. The molecule has 1 aliphatic rings. The zero-order valence-corrected chi connectivity index (χ0v) is 13.3. The Balaban J connectivity index is 1.74. The molecule has 0 saturated carbocycles. The van der Waals surface area contributed by atoms with Gasteiger partial charge in [0.25, 0.3) is 0 Å². The van der Waals surface area contributed by atoms with Crippen molar-refractivity contribution < 1.29 is 17.9 Å². The molecule has 112 valence electrons. The lowest BCUT2D eigenvalue weighted by Crippen LogP contribution is -2.20. The van der Waals surface area contributed by atoms with E-state index in [1.165, 1.54) is 23.1 Å². The van der Waals surface area contributed by atoms with Crippen molar-refractivity contribution in [2.45, 2.75) is 23.8 Å². The van der Waals surface area contributed by atoms with Crippen LogP contribution in [0.1, 0.15) is 13.3 Å². The minimum Gasteiger partial charge on any atom is -0.461 e. The number of esters is 1. The zero-order valence-electron chi connectivity index (χ0n) is 10.9. The summed E-state index contributed by atoms with van der Waals surface area (Å²) in [5.41, 5.74) is 0. The molecule has 2 heterocycles. The number of nitrogens with zero attached hydrogens (tertiary/aromatic N) is 2. The van der Waals surface area contributed by atoms with Gasteiger partial charge < -0.3 is 10.1 Å². The van der Waals surface area contributed by atoms with Crippen LogP contribution in [0.25, 0.3) is 0 Å². The summed E-state index contributed by atoms with van der Waals surface area (Å²) in [5, 5.41) is 11.6. The molecule has 0 aromatic carbocycles. The Labute approximate surface area is 125 Å². The van der Waals surface area contributed by atoms with Crippen molar-refractivity contribution in [1.29, 1.82) is 0 Å². The van der Waals surface area contributed by atoms with E-state index in [1.54, 1.807) is 0 Å². The SMILES string of the molecule is CCNc1nnc(SCC(=O)O[C@@H]2CCS(=O)(=O)C2)s1. The fraction of sp³-hybridized carbons (Fsp3) is 0.700. The molecule has 1 aliphatic heterocycles. The minimum absolute atomic E-state index is 0.0627. The number of hydrogen-bond donors (Lipinski definition) is 1. The van der Waals surface area contributed by atoms with Crippen LogP contribution in [0.5, 0.6) is 0 Å². The van der Waals surface area contributed by atoms with Crippen LogP contribution in [0.4, 0.5) is 5.13 Å². The Morgan fingerprint density at radius 3 is 3.00 bits per heavy atom. The van der Waals surface area contributed by atoms with Gasteiger partial charge in [-0.3, -0.25) is 4.79 Å². The van der Waals surface area contributed by atoms with Gasteiger partial charge in [0.15, 0.2) is 14.2 Å². The van der Waals surface area contributed by atoms with Crippen LogP contribution in [-0.4, -0.2) is 54.5 Å². The van der Waals surface area contributed by atoms with E-state index < -0.39 is 21.9 Å². The Morgan fingerprint density at radius 2 is 2.35 bits per heavy atom. The maximum absolute atomic E-state index is 11.6. The molecule has 0 spiro atoms. The molecule has 1 N–H and O–H groups in total. The van der Waals surface area contributed by atoms with E-state index in [0.717, 1.165) is 6.54 Å². The molecular weight excluding hydrogens is 322 g/mol. The molecule has 0 unspecified atom stereocenters. The summed E-state index contributed by atoms with van der Waals surface area (Å²) in [6, 6.07) is 0. The molecule has 1 fully saturated rings. The highest BCUT2D eigenvalue weighted by Crippen LogP contribution is 2.25. The van der Waals surface area contributed by atoms with Crippen LogP contribution >= 0.6 is 23.1 Å².